The highest BCUT2D eigenvalue weighted by Crippen LogP contribution is 2.61. The molecule has 4 fully saturated rings. The fourth-order valence-corrected chi connectivity index (χ4v) is 5.91. The third-order valence-corrected chi connectivity index (χ3v) is 6.12. The van der Waals surface area contributed by atoms with Gasteiger partial charge in [0, 0.05) is 19.8 Å². The number of rotatable bonds is 7. The Bertz CT molecular complexity index is 266. The summed E-state index contributed by atoms with van der Waals surface area (Å²) in [7, 11) is 1.83. The largest absolute Gasteiger partial charge is 0.385 e. The molecule has 0 spiro atoms. The van der Waals surface area contributed by atoms with E-state index in [-0.39, 0.29) is 0 Å². The van der Waals surface area contributed by atoms with Crippen molar-refractivity contribution in [2.45, 2.75) is 64.3 Å². The number of ether oxygens (including phenoxy) is 1. The first-order chi connectivity index (χ1) is 9.25. The van der Waals surface area contributed by atoms with Crippen LogP contribution in [0, 0.1) is 23.2 Å². The molecule has 0 radical (unpaired) electrons. The summed E-state index contributed by atoms with van der Waals surface area (Å²) in [6.07, 6.45) is 11.7. The molecule has 4 aliphatic carbocycles. The predicted molar refractivity (Wildman–Crippen MR) is 79.2 cm³/mol. The Morgan fingerprint density at radius 2 is 1.68 bits per heavy atom. The molecule has 1 unspecified atom stereocenters. The van der Waals surface area contributed by atoms with E-state index < -0.39 is 0 Å². The maximum atomic E-state index is 5.26. The van der Waals surface area contributed by atoms with Gasteiger partial charge < -0.3 is 10.1 Å². The highest BCUT2D eigenvalue weighted by molar-refractivity contribution is 5.06. The molecule has 0 saturated heterocycles. The average Bonchev–Trinajstić information content (AvgIpc) is 2.36. The van der Waals surface area contributed by atoms with E-state index in [1.807, 2.05) is 7.11 Å². The lowest BCUT2D eigenvalue weighted by Gasteiger charge is -2.59. The number of hydrogen-bond donors (Lipinski definition) is 1. The summed E-state index contributed by atoms with van der Waals surface area (Å²) < 4.78 is 5.26. The summed E-state index contributed by atoms with van der Waals surface area (Å²) in [5.74, 6) is 3.19. The second kappa shape index (κ2) is 5.73. The van der Waals surface area contributed by atoms with Crippen molar-refractivity contribution in [1.82, 2.24) is 5.32 Å². The van der Waals surface area contributed by atoms with E-state index in [9.17, 15) is 0 Å². The highest BCUT2D eigenvalue weighted by atomic mass is 16.5. The molecule has 2 nitrogen and oxygen atoms in total. The maximum Gasteiger partial charge on any atom is 0.0462 e. The van der Waals surface area contributed by atoms with Crippen LogP contribution < -0.4 is 5.32 Å². The molecule has 4 bridgehead atoms. The van der Waals surface area contributed by atoms with E-state index in [4.69, 9.17) is 4.74 Å². The van der Waals surface area contributed by atoms with Gasteiger partial charge in [0.2, 0.25) is 0 Å². The van der Waals surface area contributed by atoms with Gasteiger partial charge in [0.1, 0.15) is 0 Å². The van der Waals surface area contributed by atoms with Crippen LogP contribution >= 0.6 is 0 Å². The lowest BCUT2D eigenvalue weighted by Crippen LogP contribution is -2.55. The number of methoxy groups -OCH3 is 1. The molecule has 4 rings (SSSR count). The predicted octanol–water partition coefficient (Wildman–Crippen LogP) is 3.61. The summed E-state index contributed by atoms with van der Waals surface area (Å²) in [5.41, 5.74) is 0.651. The smallest absolute Gasteiger partial charge is 0.0462 e. The summed E-state index contributed by atoms with van der Waals surface area (Å²) in [4.78, 5) is 0. The first-order valence-corrected chi connectivity index (χ1v) is 8.48. The Kier molecular flexibility index (Phi) is 4.19. The Balaban J connectivity index is 1.69. The molecule has 0 aliphatic heterocycles. The number of nitrogens with one attached hydrogen (secondary N) is 1. The van der Waals surface area contributed by atoms with Gasteiger partial charge in [-0.15, -0.1) is 0 Å². The second-order valence-electron chi connectivity index (χ2n) is 7.53. The highest BCUT2D eigenvalue weighted by Gasteiger charge is 2.53. The summed E-state index contributed by atoms with van der Waals surface area (Å²) >= 11 is 0. The van der Waals surface area contributed by atoms with Gasteiger partial charge in [-0.1, -0.05) is 6.92 Å². The second-order valence-corrected chi connectivity index (χ2v) is 7.53. The van der Waals surface area contributed by atoms with Crippen LogP contribution in [0.25, 0.3) is 0 Å². The van der Waals surface area contributed by atoms with Gasteiger partial charge in [0.25, 0.3) is 0 Å². The molecule has 0 heterocycles. The lowest BCUT2D eigenvalue weighted by molar-refractivity contribution is -0.0758. The zero-order valence-corrected chi connectivity index (χ0v) is 12.8. The summed E-state index contributed by atoms with van der Waals surface area (Å²) in [6.45, 7) is 4.32. The van der Waals surface area contributed by atoms with E-state index in [1.54, 1.807) is 19.3 Å². The number of hydrogen-bond acceptors (Lipinski definition) is 2. The van der Waals surface area contributed by atoms with Crippen LogP contribution in [0.1, 0.15) is 58.3 Å². The van der Waals surface area contributed by atoms with Gasteiger partial charge >= 0.3 is 0 Å². The SMILES string of the molecule is CCNC(CCCOC)C12CC3CC(CC(C3)C1)C2. The molecule has 1 atom stereocenters. The van der Waals surface area contributed by atoms with Crippen molar-refractivity contribution in [2.24, 2.45) is 23.2 Å². The summed E-state index contributed by atoms with van der Waals surface area (Å²) in [6, 6.07) is 0.751. The molecule has 0 amide bonds. The van der Waals surface area contributed by atoms with Gasteiger partial charge in [-0.3, -0.25) is 0 Å². The van der Waals surface area contributed by atoms with Crippen molar-refractivity contribution < 1.29 is 4.74 Å². The van der Waals surface area contributed by atoms with Crippen LogP contribution in [-0.2, 0) is 4.74 Å². The molecule has 110 valence electrons. The fourth-order valence-electron chi connectivity index (χ4n) is 5.91. The minimum Gasteiger partial charge on any atom is -0.385 e. The Hall–Kier alpha value is -0.0800. The molecule has 1 N–H and O–H groups in total. The maximum absolute atomic E-state index is 5.26. The zero-order valence-electron chi connectivity index (χ0n) is 12.8. The van der Waals surface area contributed by atoms with E-state index in [2.05, 4.69) is 12.2 Å². The van der Waals surface area contributed by atoms with Crippen molar-refractivity contribution in [3.05, 3.63) is 0 Å². The van der Waals surface area contributed by atoms with E-state index in [0.717, 1.165) is 36.9 Å². The standard InChI is InChI=1S/C17H31NO/c1-3-18-16(5-4-6-19-2)17-10-13-7-14(11-17)9-15(8-13)12-17/h13-16,18H,3-12H2,1-2H3. The van der Waals surface area contributed by atoms with Crippen molar-refractivity contribution in [2.75, 3.05) is 20.3 Å². The lowest BCUT2D eigenvalue weighted by atomic mass is 9.47. The third-order valence-electron chi connectivity index (χ3n) is 6.12. The van der Waals surface area contributed by atoms with E-state index >= 15 is 0 Å². The molecular weight excluding hydrogens is 234 g/mol. The first kappa shape index (κ1) is 13.9. The van der Waals surface area contributed by atoms with Crippen LogP contribution in [-0.4, -0.2) is 26.3 Å². The Morgan fingerprint density at radius 3 is 2.16 bits per heavy atom. The Morgan fingerprint density at radius 1 is 1.11 bits per heavy atom. The molecule has 0 aromatic heterocycles. The molecule has 0 aromatic rings. The molecule has 19 heavy (non-hydrogen) atoms. The molecule has 4 saturated carbocycles. The zero-order chi connectivity index (χ0) is 13.3. The van der Waals surface area contributed by atoms with Crippen molar-refractivity contribution in [3.63, 3.8) is 0 Å². The van der Waals surface area contributed by atoms with Crippen LogP contribution in [0.3, 0.4) is 0 Å². The van der Waals surface area contributed by atoms with Gasteiger partial charge in [-0.25, -0.2) is 0 Å². The van der Waals surface area contributed by atoms with Crippen LogP contribution in [0.5, 0.6) is 0 Å². The van der Waals surface area contributed by atoms with Gasteiger partial charge in [0.15, 0.2) is 0 Å². The van der Waals surface area contributed by atoms with Gasteiger partial charge in [-0.2, -0.15) is 0 Å². The molecular formula is C17H31NO. The van der Waals surface area contributed by atoms with Crippen LogP contribution in [0.4, 0.5) is 0 Å². The minimum absolute atomic E-state index is 0.651. The van der Waals surface area contributed by atoms with Crippen molar-refractivity contribution in [1.29, 1.82) is 0 Å². The van der Waals surface area contributed by atoms with E-state index in [1.165, 1.54) is 32.1 Å². The van der Waals surface area contributed by atoms with Gasteiger partial charge in [-0.05, 0) is 81.1 Å². The molecule has 4 aliphatic rings. The third kappa shape index (κ3) is 2.71. The Labute approximate surface area is 118 Å². The first-order valence-electron chi connectivity index (χ1n) is 8.48. The fraction of sp³-hybridized carbons (Fsp3) is 1.00. The van der Waals surface area contributed by atoms with Crippen molar-refractivity contribution in [3.8, 4) is 0 Å². The topological polar surface area (TPSA) is 21.3 Å². The summed E-state index contributed by atoms with van der Waals surface area (Å²) in [5, 5.41) is 3.84. The van der Waals surface area contributed by atoms with E-state index in [0.29, 0.717) is 5.41 Å². The average molecular weight is 265 g/mol. The quantitative estimate of drug-likeness (QED) is 0.710. The van der Waals surface area contributed by atoms with Crippen LogP contribution in [0.2, 0.25) is 0 Å². The van der Waals surface area contributed by atoms with Crippen molar-refractivity contribution >= 4 is 0 Å². The monoisotopic (exact) mass is 265 g/mol. The van der Waals surface area contributed by atoms with Gasteiger partial charge in [0.05, 0.1) is 0 Å². The molecule has 2 heteroatoms. The minimum atomic E-state index is 0.651. The van der Waals surface area contributed by atoms with Crippen LogP contribution in [0.15, 0.2) is 0 Å². The normalized spacial score (nSPS) is 41.7. The molecule has 0 aromatic carbocycles.